The molecule has 1 saturated heterocycles. The van der Waals surface area contributed by atoms with Crippen LogP contribution in [0.4, 0.5) is 13.6 Å². The molecule has 1 atom stereocenters. The summed E-state index contributed by atoms with van der Waals surface area (Å²) in [4.78, 5) is 11.3. The van der Waals surface area contributed by atoms with E-state index in [1.54, 1.807) is 20.8 Å². The Kier molecular flexibility index (Phi) is 5.54. The minimum Gasteiger partial charge on any atom is -0.444 e. The van der Waals surface area contributed by atoms with Gasteiger partial charge in [0.2, 0.25) is 0 Å². The number of carbonyl (C=O) groups excluding carboxylic acids is 1. The molecule has 21 heavy (non-hydrogen) atoms. The molecule has 0 aliphatic carbocycles. The molecule has 0 saturated carbocycles. The van der Waals surface area contributed by atoms with Gasteiger partial charge in [-0.2, -0.15) is 0 Å². The van der Waals surface area contributed by atoms with E-state index in [1.165, 1.54) is 0 Å². The maximum absolute atomic E-state index is 13.6. The molecule has 0 bridgehead atoms. The topological polar surface area (TPSA) is 84.5 Å². The zero-order valence-electron chi connectivity index (χ0n) is 12.4. The van der Waals surface area contributed by atoms with Crippen LogP contribution in [0.1, 0.15) is 27.2 Å². The Bertz CT molecular complexity index is 474. The predicted molar refractivity (Wildman–Crippen MR) is 74.2 cm³/mol. The summed E-state index contributed by atoms with van der Waals surface area (Å²) in [6, 6.07) is -0.456. The van der Waals surface area contributed by atoms with Crippen molar-refractivity contribution in [2.24, 2.45) is 0 Å². The Balaban J connectivity index is 2.32. The zero-order chi connectivity index (χ0) is 16.3. The number of nitrogens with one attached hydrogen (secondary N) is 2. The Labute approximate surface area is 123 Å². The summed E-state index contributed by atoms with van der Waals surface area (Å²) in [5, 5.41) is 4.53. The van der Waals surface area contributed by atoms with Crippen LogP contribution in [0, 0.1) is 0 Å². The van der Waals surface area contributed by atoms with Gasteiger partial charge in [-0.15, -0.1) is 0 Å². The van der Waals surface area contributed by atoms with Gasteiger partial charge in [0.05, 0.1) is 24.6 Å². The van der Waals surface area contributed by atoms with Gasteiger partial charge in [0.15, 0.2) is 9.84 Å². The van der Waals surface area contributed by atoms with Crippen LogP contribution in [-0.4, -0.2) is 56.7 Å². The van der Waals surface area contributed by atoms with Gasteiger partial charge < -0.3 is 15.4 Å². The summed E-state index contributed by atoms with van der Waals surface area (Å²) in [6.07, 6.45) is -0.580. The van der Waals surface area contributed by atoms with Gasteiger partial charge >= 0.3 is 6.09 Å². The fourth-order valence-electron chi connectivity index (χ4n) is 1.83. The highest BCUT2D eigenvalue weighted by Crippen LogP contribution is 2.15. The highest BCUT2D eigenvalue weighted by molar-refractivity contribution is 7.91. The van der Waals surface area contributed by atoms with Crippen molar-refractivity contribution in [3.63, 3.8) is 0 Å². The van der Waals surface area contributed by atoms with E-state index in [-0.39, 0.29) is 11.5 Å². The van der Waals surface area contributed by atoms with Gasteiger partial charge in [-0.1, -0.05) is 0 Å². The molecule has 1 heterocycles. The van der Waals surface area contributed by atoms with E-state index in [4.69, 9.17) is 4.74 Å². The molecule has 1 amide bonds. The molecule has 0 radical (unpaired) electrons. The quantitative estimate of drug-likeness (QED) is 0.784. The molecule has 2 N–H and O–H groups in total. The summed E-state index contributed by atoms with van der Waals surface area (Å²) in [5.41, 5.74) is -0.754. The molecule has 1 rings (SSSR count). The Morgan fingerprint density at radius 3 is 2.38 bits per heavy atom. The zero-order valence-corrected chi connectivity index (χ0v) is 13.2. The van der Waals surface area contributed by atoms with Crippen molar-refractivity contribution >= 4 is 15.9 Å². The van der Waals surface area contributed by atoms with Crippen LogP contribution >= 0.6 is 0 Å². The first-order valence-electron chi connectivity index (χ1n) is 6.67. The fourth-order valence-corrected chi connectivity index (χ4v) is 3.54. The van der Waals surface area contributed by atoms with E-state index in [1.807, 2.05) is 5.32 Å². The van der Waals surface area contributed by atoms with Gasteiger partial charge in [0.1, 0.15) is 5.60 Å². The third-order valence-electron chi connectivity index (χ3n) is 2.77. The van der Waals surface area contributed by atoms with Crippen molar-refractivity contribution in [3.8, 4) is 0 Å². The predicted octanol–water partition coefficient (Wildman–Crippen LogP) is 0.923. The second-order valence-corrected chi connectivity index (χ2v) is 8.42. The molecule has 1 aliphatic heterocycles. The first-order chi connectivity index (χ1) is 9.39. The monoisotopic (exact) mass is 328 g/mol. The van der Waals surface area contributed by atoms with E-state index < -0.39 is 46.6 Å². The van der Waals surface area contributed by atoms with Gasteiger partial charge in [-0.05, 0) is 27.2 Å². The first kappa shape index (κ1) is 18.1. The van der Waals surface area contributed by atoms with Crippen LogP contribution in [0.2, 0.25) is 0 Å². The highest BCUT2D eigenvalue weighted by atomic mass is 32.2. The second-order valence-electron chi connectivity index (χ2n) is 6.19. The van der Waals surface area contributed by atoms with Crippen LogP contribution in [0.5, 0.6) is 0 Å². The molecule has 1 fully saturated rings. The van der Waals surface area contributed by atoms with E-state index in [0.29, 0.717) is 6.42 Å². The largest absolute Gasteiger partial charge is 0.444 e. The normalized spacial score (nSPS) is 22.0. The minimum atomic E-state index is -3.18. The number of alkyl halides is 2. The van der Waals surface area contributed by atoms with Crippen molar-refractivity contribution in [1.82, 2.24) is 10.6 Å². The van der Waals surface area contributed by atoms with Crippen LogP contribution in [0.3, 0.4) is 0 Å². The third kappa shape index (κ3) is 7.56. The molecule has 1 unspecified atom stereocenters. The number of carbonyl (C=O) groups is 1. The van der Waals surface area contributed by atoms with Gasteiger partial charge in [0.25, 0.3) is 5.92 Å². The molecule has 6 nitrogen and oxygen atoms in total. The smallest absolute Gasteiger partial charge is 0.407 e. The summed E-state index contributed by atoms with van der Waals surface area (Å²) in [6.45, 7) is 3.34. The lowest BCUT2D eigenvalue weighted by Gasteiger charge is -2.23. The van der Waals surface area contributed by atoms with Crippen molar-refractivity contribution in [3.05, 3.63) is 0 Å². The summed E-state index contributed by atoms with van der Waals surface area (Å²) < 4.78 is 54.4. The number of rotatable bonds is 5. The van der Waals surface area contributed by atoms with E-state index in [0.717, 1.165) is 0 Å². The van der Waals surface area contributed by atoms with Crippen LogP contribution < -0.4 is 10.6 Å². The maximum Gasteiger partial charge on any atom is 0.407 e. The molecule has 124 valence electrons. The van der Waals surface area contributed by atoms with Crippen molar-refractivity contribution in [2.45, 2.75) is 44.8 Å². The van der Waals surface area contributed by atoms with Crippen molar-refractivity contribution in [1.29, 1.82) is 0 Å². The van der Waals surface area contributed by atoms with E-state index in [9.17, 15) is 22.0 Å². The molecular formula is C12H22F2N2O4S. The fraction of sp³-hybridized carbons (Fsp3) is 0.917. The number of hydrogen-bond acceptors (Lipinski definition) is 5. The molecular weight excluding hydrogens is 306 g/mol. The van der Waals surface area contributed by atoms with E-state index in [2.05, 4.69) is 5.32 Å². The lowest BCUT2D eigenvalue weighted by Crippen LogP contribution is -2.47. The second kappa shape index (κ2) is 6.43. The lowest BCUT2D eigenvalue weighted by molar-refractivity contribution is -0.00504. The minimum absolute atomic E-state index is 0.0202. The number of hydrogen-bond donors (Lipinski definition) is 2. The summed E-state index contributed by atoms with van der Waals surface area (Å²) >= 11 is 0. The van der Waals surface area contributed by atoms with Gasteiger partial charge in [0, 0.05) is 6.04 Å². The summed E-state index contributed by atoms with van der Waals surface area (Å²) in [7, 11) is -3.11. The maximum atomic E-state index is 13.6. The number of halogens is 2. The van der Waals surface area contributed by atoms with E-state index >= 15 is 0 Å². The number of ether oxygens (including phenoxy) is 1. The molecule has 1 aliphatic rings. The SMILES string of the molecule is CC(C)(C)OC(=O)NCC(F)(F)CNC1CCS(=O)(=O)C1. The molecule has 0 spiro atoms. The highest BCUT2D eigenvalue weighted by Gasteiger charge is 2.34. The number of sulfone groups is 1. The van der Waals surface area contributed by atoms with Crippen LogP contribution in [0.15, 0.2) is 0 Å². The Morgan fingerprint density at radius 1 is 1.29 bits per heavy atom. The van der Waals surface area contributed by atoms with Crippen molar-refractivity contribution < 1.29 is 26.7 Å². The number of amides is 1. The molecule has 0 aromatic carbocycles. The molecule has 0 aromatic heterocycles. The third-order valence-corrected chi connectivity index (χ3v) is 4.54. The lowest BCUT2D eigenvalue weighted by atomic mass is 10.2. The van der Waals surface area contributed by atoms with Crippen LogP contribution in [0.25, 0.3) is 0 Å². The van der Waals surface area contributed by atoms with Gasteiger partial charge in [-0.25, -0.2) is 22.0 Å². The molecule has 9 heteroatoms. The standard InChI is InChI=1S/C12H22F2N2O4S/c1-11(2,3)20-10(17)16-8-12(13,14)7-15-9-4-5-21(18,19)6-9/h9,15H,4-8H2,1-3H3,(H,16,17). The Hall–Kier alpha value is -0.960. The molecule has 0 aromatic rings. The Morgan fingerprint density at radius 2 is 1.90 bits per heavy atom. The number of alkyl carbamates (subject to hydrolysis) is 1. The van der Waals surface area contributed by atoms with Crippen LogP contribution in [-0.2, 0) is 14.6 Å². The average molecular weight is 328 g/mol. The summed E-state index contributed by atoms with van der Waals surface area (Å²) in [5.74, 6) is -3.28. The average Bonchev–Trinajstić information content (AvgIpc) is 2.62. The first-order valence-corrected chi connectivity index (χ1v) is 8.49. The van der Waals surface area contributed by atoms with Crippen molar-refractivity contribution in [2.75, 3.05) is 24.6 Å². The van der Waals surface area contributed by atoms with Gasteiger partial charge in [-0.3, -0.25) is 0 Å².